The standard InChI is InChI=1S/C19H20N6O/c26-19(16-7-3-9-21-18(16)25-14-20-13-23-25)22-10-12-24-11-4-6-15-5-1-2-8-17(15)24/h1-3,5,7-9,13-14H,4,6,10-12H2,(H,22,26). The Bertz CT molecular complexity index is 893. The first-order valence-electron chi connectivity index (χ1n) is 8.74. The number of hydrogen-bond acceptors (Lipinski definition) is 5. The Balaban J connectivity index is 1.42. The molecule has 0 atom stereocenters. The molecule has 0 radical (unpaired) electrons. The van der Waals surface area contributed by atoms with Gasteiger partial charge in [-0.1, -0.05) is 18.2 Å². The minimum atomic E-state index is -0.158. The van der Waals surface area contributed by atoms with E-state index < -0.39 is 0 Å². The largest absolute Gasteiger partial charge is 0.370 e. The van der Waals surface area contributed by atoms with Gasteiger partial charge in [0, 0.05) is 31.5 Å². The van der Waals surface area contributed by atoms with Crippen molar-refractivity contribution in [1.29, 1.82) is 0 Å². The van der Waals surface area contributed by atoms with Gasteiger partial charge in [0.2, 0.25) is 0 Å². The van der Waals surface area contributed by atoms with Gasteiger partial charge in [0.15, 0.2) is 5.82 Å². The number of aryl methyl sites for hydroxylation is 1. The summed E-state index contributed by atoms with van der Waals surface area (Å²) in [5.74, 6) is 0.319. The Morgan fingerprint density at radius 2 is 2.12 bits per heavy atom. The molecule has 0 saturated carbocycles. The van der Waals surface area contributed by atoms with Crippen molar-refractivity contribution >= 4 is 11.6 Å². The van der Waals surface area contributed by atoms with E-state index in [2.05, 4.69) is 49.5 Å². The van der Waals surface area contributed by atoms with E-state index in [4.69, 9.17) is 0 Å². The van der Waals surface area contributed by atoms with Crippen LogP contribution in [0, 0.1) is 0 Å². The third-order valence-electron chi connectivity index (χ3n) is 4.54. The summed E-state index contributed by atoms with van der Waals surface area (Å²) in [6.45, 7) is 2.37. The van der Waals surface area contributed by atoms with Gasteiger partial charge >= 0.3 is 0 Å². The molecule has 7 nitrogen and oxygen atoms in total. The van der Waals surface area contributed by atoms with Crippen molar-refractivity contribution in [3.63, 3.8) is 0 Å². The minimum absolute atomic E-state index is 0.158. The zero-order chi connectivity index (χ0) is 17.8. The number of pyridine rings is 1. The molecule has 1 N–H and O–H groups in total. The molecule has 4 rings (SSSR count). The van der Waals surface area contributed by atoms with Crippen LogP contribution in [0.25, 0.3) is 5.82 Å². The fourth-order valence-electron chi connectivity index (χ4n) is 3.32. The number of nitrogens with one attached hydrogen (secondary N) is 1. The molecule has 1 amide bonds. The maximum absolute atomic E-state index is 12.6. The van der Waals surface area contributed by atoms with Crippen molar-refractivity contribution in [2.45, 2.75) is 12.8 Å². The predicted molar refractivity (Wildman–Crippen MR) is 98.5 cm³/mol. The molecule has 0 bridgehead atoms. The van der Waals surface area contributed by atoms with Gasteiger partial charge in [-0.15, -0.1) is 0 Å². The highest BCUT2D eigenvalue weighted by atomic mass is 16.1. The summed E-state index contributed by atoms with van der Waals surface area (Å²) >= 11 is 0. The molecule has 0 spiro atoms. The SMILES string of the molecule is O=C(NCCN1CCCc2ccccc21)c1cccnc1-n1cncn1. The number of hydrogen-bond donors (Lipinski definition) is 1. The van der Waals surface area contributed by atoms with Crippen LogP contribution in [0.1, 0.15) is 22.3 Å². The van der Waals surface area contributed by atoms with Gasteiger partial charge in [0.25, 0.3) is 5.91 Å². The van der Waals surface area contributed by atoms with Crippen molar-refractivity contribution in [2.24, 2.45) is 0 Å². The lowest BCUT2D eigenvalue weighted by Gasteiger charge is -2.31. The lowest BCUT2D eigenvalue weighted by molar-refractivity contribution is 0.0954. The fraction of sp³-hybridized carbons (Fsp3) is 0.263. The third kappa shape index (κ3) is 3.28. The maximum Gasteiger partial charge on any atom is 0.255 e. The van der Waals surface area contributed by atoms with Crippen molar-refractivity contribution in [2.75, 3.05) is 24.5 Å². The first-order chi connectivity index (χ1) is 12.8. The summed E-state index contributed by atoms with van der Waals surface area (Å²) in [6.07, 6.45) is 6.85. The Kier molecular flexibility index (Phi) is 4.59. The van der Waals surface area contributed by atoms with Crippen LogP contribution < -0.4 is 10.2 Å². The number of para-hydroxylation sites is 1. The van der Waals surface area contributed by atoms with Gasteiger partial charge in [-0.3, -0.25) is 4.79 Å². The van der Waals surface area contributed by atoms with Crippen LogP contribution in [0.2, 0.25) is 0 Å². The fourth-order valence-corrected chi connectivity index (χ4v) is 3.32. The van der Waals surface area contributed by atoms with E-state index in [1.807, 2.05) is 0 Å². The smallest absolute Gasteiger partial charge is 0.255 e. The number of rotatable bonds is 5. The number of aromatic nitrogens is 4. The van der Waals surface area contributed by atoms with Crippen LogP contribution in [0.5, 0.6) is 0 Å². The average Bonchev–Trinajstić information content (AvgIpc) is 3.23. The molecular weight excluding hydrogens is 328 g/mol. The number of nitrogens with zero attached hydrogens (tertiary/aromatic N) is 5. The Morgan fingerprint density at radius 3 is 3.00 bits per heavy atom. The van der Waals surface area contributed by atoms with Gasteiger partial charge in [0.05, 0.1) is 5.56 Å². The van der Waals surface area contributed by atoms with Crippen molar-refractivity contribution in [3.05, 3.63) is 66.4 Å². The molecule has 1 aliphatic heterocycles. The zero-order valence-corrected chi connectivity index (χ0v) is 14.4. The molecular formula is C19H20N6O. The summed E-state index contributed by atoms with van der Waals surface area (Å²) in [7, 11) is 0. The van der Waals surface area contributed by atoms with E-state index in [0.717, 1.165) is 25.9 Å². The highest BCUT2D eigenvalue weighted by molar-refractivity contribution is 5.97. The highest BCUT2D eigenvalue weighted by Crippen LogP contribution is 2.26. The number of anilines is 1. The van der Waals surface area contributed by atoms with E-state index >= 15 is 0 Å². The Labute approximate surface area is 151 Å². The molecule has 0 fully saturated rings. The summed E-state index contributed by atoms with van der Waals surface area (Å²) in [5, 5.41) is 7.06. The average molecular weight is 348 g/mol. The van der Waals surface area contributed by atoms with Gasteiger partial charge < -0.3 is 10.2 Å². The lowest BCUT2D eigenvalue weighted by atomic mass is 10.0. The first-order valence-corrected chi connectivity index (χ1v) is 8.74. The van der Waals surface area contributed by atoms with Crippen molar-refractivity contribution < 1.29 is 4.79 Å². The quantitative estimate of drug-likeness (QED) is 0.761. The summed E-state index contributed by atoms with van der Waals surface area (Å²) in [4.78, 5) is 23.1. The summed E-state index contributed by atoms with van der Waals surface area (Å²) < 4.78 is 1.50. The molecule has 0 saturated heterocycles. The lowest BCUT2D eigenvalue weighted by Crippen LogP contribution is -2.37. The van der Waals surface area contributed by atoms with E-state index in [0.29, 0.717) is 17.9 Å². The Hall–Kier alpha value is -3.22. The van der Waals surface area contributed by atoms with Crippen LogP contribution in [-0.2, 0) is 6.42 Å². The molecule has 1 aromatic carbocycles. The van der Waals surface area contributed by atoms with Crippen molar-refractivity contribution in [3.8, 4) is 5.82 Å². The van der Waals surface area contributed by atoms with Crippen LogP contribution in [-0.4, -0.2) is 45.3 Å². The molecule has 0 unspecified atom stereocenters. The highest BCUT2D eigenvalue weighted by Gasteiger charge is 2.17. The van der Waals surface area contributed by atoms with Crippen molar-refractivity contribution in [1.82, 2.24) is 25.1 Å². The van der Waals surface area contributed by atoms with E-state index in [9.17, 15) is 4.79 Å². The second kappa shape index (κ2) is 7.35. The molecule has 26 heavy (non-hydrogen) atoms. The first kappa shape index (κ1) is 16.3. The molecule has 2 aromatic heterocycles. The second-order valence-corrected chi connectivity index (χ2v) is 6.19. The predicted octanol–water partition coefficient (Wildman–Crippen LogP) is 1.84. The van der Waals surface area contributed by atoms with Gasteiger partial charge in [-0.05, 0) is 36.6 Å². The van der Waals surface area contributed by atoms with E-state index in [1.54, 1.807) is 18.3 Å². The minimum Gasteiger partial charge on any atom is -0.370 e. The van der Waals surface area contributed by atoms with Gasteiger partial charge in [-0.25, -0.2) is 14.6 Å². The summed E-state index contributed by atoms with van der Waals surface area (Å²) in [6, 6.07) is 12.0. The number of benzene rings is 1. The molecule has 0 aliphatic carbocycles. The number of amides is 1. The number of carbonyl (C=O) groups excluding carboxylic acids is 1. The van der Waals surface area contributed by atoms with Crippen LogP contribution >= 0.6 is 0 Å². The van der Waals surface area contributed by atoms with Gasteiger partial charge in [-0.2, -0.15) is 5.10 Å². The topological polar surface area (TPSA) is 75.9 Å². The third-order valence-corrected chi connectivity index (χ3v) is 4.54. The zero-order valence-electron chi connectivity index (χ0n) is 14.4. The maximum atomic E-state index is 12.6. The van der Waals surface area contributed by atoms with E-state index in [-0.39, 0.29) is 5.91 Å². The molecule has 3 aromatic rings. The molecule has 3 heterocycles. The van der Waals surface area contributed by atoms with Crippen LogP contribution in [0.4, 0.5) is 5.69 Å². The number of fused-ring (bicyclic) bond motifs is 1. The van der Waals surface area contributed by atoms with Crippen LogP contribution in [0.3, 0.4) is 0 Å². The normalized spacial score (nSPS) is 13.3. The van der Waals surface area contributed by atoms with E-state index in [1.165, 1.54) is 28.6 Å². The molecule has 7 heteroatoms. The Morgan fingerprint density at radius 1 is 1.19 bits per heavy atom. The van der Waals surface area contributed by atoms with Gasteiger partial charge in [0.1, 0.15) is 12.7 Å². The summed E-state index contributed by atoms with van der Waals surface area (Å²) in [5.41, 5.74) is 3.14. The molecule has 1 aliphatic rings. The number of carbonyl (C=O) groups is 1. The van der Waals surface area contributed by atoms with Crippen LogP contribution in [0.15, 0.2) is 55.2 Å². The molecule has 132 valence electrons. The second-order valence-electron chi connectivity index (χ2n) is 6.19. The monoisotopic (exact) mass is 348 g/mol.